The maximum atomic E-state index is 13.2. The number of benzene rings is 4. The Morgan fingerprint density at radius 3 is 1.63 bits per heavy atom. The van der Waals surface area contributed by atoms with Crippen LogP contribution in [0.3, 0.4) is 0 Å². The van der Waals surface area contributed by atoms with Crippen molar-refractivity contribution in [2.45, 2.75) is 20.3 Å². The van der Waals surface area contributed by atoms with Crippen LogP contribution in [-0.2, 0) is 16.0 Å². The summed E-state index contributed by atoms with van der Waals surface area (Å²) < 4.78 is 16.4. The minimum atomic E-state index is -0.231. The van der Waals surface area contributed by atoms with E-state index in [9.17, 15) is 9.59 Å². The fraction of sp³-hybridized carbons (Fsp3) is 0.171. The van der Waals surface area contributed by atoms with Crippen molar-refractivity contribution >= 4 is 23.2 Å². The monoisotopic (exact) mass is 575 g/mol. The summed E-state index contributed by atoms with van der Waals surface area (Å²) in [5, 5.41) is 10.2. The van der Waals surface area contributed by atoms with Crippen LogP contribution in [0.15, 0.2) is 102 Å². The van der Waals surface area contributed by atoms with Crippen LogP contribution < -0.4 is 20.1 Å². The molecule has 0 radical (unpaired) electrons. The third-order valence-electron chi connectivity index (χ3n) is 7.00. The van der Waals surface area contributed by atoms with Crippen LogP contribution in [0, 0.1) is 5.92 Å². The first-order valence-electron chi connectivity index (χ1n) is 13.9. The molecule has 0 fully saturated rings. The van der Waals surface area contributed by atoms with Crippen molar-refractivity contribution < 1.29 is 23.6 Å². The minimum Gasteiger partial charge on any atom is -0.497 e. The van der Waals surface area contributed by atoms with Crippen LogP contribution in [0.2, 0.25) is 0 Å². The van der Waals surface area contributed by atoms with Crippen molar-refractivity contribution in [3.63, 3.8) is 0 Å². The van der Waals surface area contributed by atoms with Crippen molar-refractivity contribution in [3.05, 3.63) is 103 Å². The second kappa shape index (κ2) is 13.1. The van der Waals surface area contributed by atoms with Gasteiger partial charge in [-0.3, -0.25) is 9.59 Å². The summed E-state index contributed by atoms with van der Waals surface area (Å²) in [7, 11) is 3.23. The molecule has 0 aliphatic rings. The molecule has 0 bridgehead atoms. The number of carbonyl (C=O) groups excluding carboxylic acids is 2. The quantitative estimate of drug-likeness (QED) is 0.179. The van der Waals surface area contributed by atoms with E-state index in [1.54, 1.807) is 14.2 Å². The van der Waals surface area contributed by atoms with E-state index in [4.69, 9.17) is 14.0 Å². The van der Waals surface area contributed by atoms with E-state index in [-0.39, 0.29) is 24.2 Å². The van der Waals surface area contributed by atoms with Crippen molar-refractivity contribution in [3.8, 4) is 45.0 Å². The Morgan fingerprint density at radius 2 is 1.14 bits per heavy atom. The van der Waals surface area contributed by atoms with Crippen LogP contribution in [0.1, 0.15) is 19.6 Å². The molecule has 0 saturated heterocycles. The molecule has 1 aromatic heterocycles. The number of ether oxygens (including phenoxy) is 2. The Hall–Kier alpha value is -5.37. The number of carbonyl (C=O) groups is 2. The second-order valence-electron chi connectivity index (χ2n) is 10.3. The van der Waals surface area contributed by atoms with Crippen LogP contribution >= 0.6 is 0 Å². The molecule has 8 heteroatoms. The standard InChI is InChI=1S/C35H33N3O5/c1-22(2)35(40)37-28-15-7-24(8-16-28)23-5-13-27(14-6-23)36-32(39)21-31-33(25-9-17-29(41-3)18-10-25)34(38-43-31)26-11-19-30(42-4)20-12-26/h5-20,22H,21H2,1-4H3,(H,36,39)(H,37,40). The first-order chi connectivity index (χ1) is 20.8. The number of hydrogen-bond donors (Lipinski definition) is 2. The SMILES string of the molecule is COc1ccc(-c2noc(CC(=O)Nc3ccc(-c4ccc(NC(=O)C(C)C)cc4)cc3)c2-c2ccc(OC)cc2)cc1. The van der Waals surface area contributed by atoms with Gasteiger partial charge in [-0.25, -0.2) is 0 Å². The molecule has 1 heterocycles. The fourth-order valence-corrected chi connectivity index (χ4v) is 4.58. The van der Waals surface area contributed by atoms with Crippen LogP contribution in [0.5, 0.6) is 11.5 Å². The number of nitrogens with zero attached hydrogens (tertiary/aromatic N) is 1. The van der Waals surface area contributed by atoms with Gasteiger partial charge in [-0.2, -0.15) is 0 Å². The number of aromatic nitrogens is 1. The van der Waals surface area contributed by atoms with Gasteiger partial charge in [0.05, 0.1) is 26.2 Å². The van der Waals surface area contributed by atoms with Crippen molar-refractivity contribution in [1.29, 1.82) is 0 Å². The topological polar surface area (TPSA) is 103 Å². The zero-order valence-electron chi connectivity index (χ0n) is 24.5. The van der Waals surface area contributed by atoms with Gasteiger partial charge in [0.2, 0.25) is 11.8 Å². The van der Waals surface area contributed by atoms with Crippen molar-refractivity contribution in [1.82, 2.24) is 5.16 Å². The van der Waals surface area contributed by atoms with E-state index in [0.717, 1.165) is 45.0 Å². The normalized spacial score (nSPS) is 10.8. The Balaban J connectivity index is 1.32. The summed E-state index contributed by atoms with van der Waals surface area (Å²) in [6.07, 6.45) is -0.00414. The van der Waals surface area contributed by atoms with E-state index in [2.05, 4.69) is 15.8 Å². The lowest BCUT2D eigenvalue weighted by atomic mass is 9.97. The average molecular weight is 576 g/mol. The first-order valence-corrected chi connectivity index (χ1v) is 13.9. The van der Waals surface area contributed by atoms with Crippen molar-refractivity contribution in [2.75, 3.05) is 24.9 Å². The molecule has 0 atom stereocenters. The lowest BCUT2D eigenvalue weighted by molar-refractivity contribution is -0.119. The van der Waals surface area contributed by atoms with Gasteiger partial charge in [-0.05, 0) is 77.4 Å². The number of methoxy groups -OCH3 is 2. The first kappa shape index (κ1) is 29.1. The van der Waals surface area contributed by atoms with E-state index >= 15 is 0 Å². The molecular weight excluding hydrogens is 542 g/mol. The molecule has 2 N–H and O–H groups in total. The van der Waals surface area contributed by atoms with E-state index in [1.165, 1.54) is 0 Å². The number of anilines is 2. The summed E-state index contributed by atoms with van der Waals surface area (Å²) >= 11 is 0. The van der Waals surface area contributed by atoms with Gasteiger partial charge in [-0.1, -0.05) is 55.4 Å². The van der Waals surface area contributed by atoms with Gasteiger partial charge in [0, 0.05) is 22.9 Å². The smallest absolute Gasteiger partial charge is 0.232 e. The zero-order valence-corrected chi connectivity index (χ0v) is 24.5. The molecule has 5 aromatic rings. The summed E-state index contributed by atoms with van der Waals surface area (Å²) in [5.74, 6) is 1.57. The molecule has 0 unspecified atom stereocenters. The highest BCUT2D eigenvalue weighted by atomic mass is 16.5. The Labute approximate surface area is 250 Å². The lowest BCUT2D eigenvalue weighted by Crippen LogP contribution is -2.17. The van der Waals surface area contributed by atoms with Gasteiger partial charge in [0.1, 0.15) is 17.2 Å². The highest BCUT2D eigenvalue weighted by molar-refractivity contribution is 5.95. The van der Waals surface area contributed by atoms with E-state index in [1.807, 2.05) is 111 Å². The molecule has 0 saturated carbocycles. The third-order valence-corrected chi connectivity index (χ3v) is 7.00. The Morgan fingerprint density at radius 1 is 0.674 bits per heavy atom. The van der Waals surface area contributed by atoms with Gasteiger partial charge in [-0.15, -0.1) is 0 Å². The van der Waals surface area contributed by atoms with Gasteiger partial charge < -0.3 is 24.6 Å². The molecule has 218 valence electrons. The molecule has 0 spiro atoms. The lowest BCUT2D eigenvalue weighted by Gasteiger charge is -2.10. The number of nitrogens with one attached hydrogen (secondary N) is 2. The predicted molar refractivity (Wildman–Crippen MR) is 168 cm³/mol. The van der Waals surface area contributed by atoms with Gasteiger partial charge >= 0.3 is 0 Å². The van der Waals surface area contributed by atoms with E-state index < -0.39 is 0 Å². The number of amides is 2. The van der Waals surface area contributed by atoms with Crippen LogP contribution in [0.4, 0.5) is 11.4 Å². The second-order valence-corrected chi connectivity index (χ2v) is 10.3. The molecule has 4 aromatic carbocycles. The van der Waals surface area contributed by atoms with E-state index in [0.29, 0.717) is 17.1 Å². The predicted octanol–water partition coefficient (Wildman–Crippen LogP) is 7.47. The fourth-order valence-electron chi connectivity index (χ4n) is 4.58. The van der Waals surface area contributed by atoms with Gasteiger partial charge in [0.15, 0.2) is 5.76 Å². The number of rotatable bonds is 10. The van der Waals surface area contributed by atoms with Crippen LogP contribution in [-0.4, -0.2) is 31.2 Å². The minimum absolute atomic E-state index is 0.00414. The number of hydrogen-bond acceptors (Lipinski definition) is 6. The zero-order chi connectivity index (χ0) is 30.3. The third kappa shape index (κ3) is 6.93. The Kier molecular flexibility index (Phi) is 8.86. The maximum absolute atomic E-state index is 13.2. The molecule has 2 amide bonds. The maximum Gasteiger partial charge on any atom is 0.232 e. The van der Waals surface area contributed by atoms with Crippen LogP contribution in [0.25, 0.3) is 33.5 Å². The molecule has 8 nitrogen and oxygen atoms in total. The Bertz CT molecular complexity index is 1690. The molecule has 43 heavy (non-hydrogen) atoms. The summed E-state index contributed by atoms with van der Waals surface area (Å²) in [6.45, 7) is 3.71. The summed E-state index contributed by atoms with van der Waals surface area (Å²) in [6, 6.07) is 30.4. The average Bonchev–Trinajstić information content (AvgIpc) is 3.45. The molecule has 0 aliphatic carbocycles. The highest BCUT2D eigenvalue weighted by Crippen LogP contribution is 2.36. The summed E-state index contributed by atoms with van der Waals surface area (Å²) in [4.78, 5) is 25.1. The molecule has 5 rings (SSSR count). The van der Waals surface area contributed by atoms with Crippen molar-refractivity contribution in [2.24, 2.45) is 5.92 Å². The molecular formula is C35H33N3O5. The molecule has 0 aliphatic heterocycles. The summed E-state index contributed by atoms with van der Waals surface area (Å²) in [5.41, 5.74) is 6.47. The van der Waals surface area contributed by atoms with Gasteiger partial charge in [0.25, 0.3) is 0 Å². The largest absolute Gasteiger partial charge is 0.497 e. The highest BCUT2D eigenvalue weighted by Gasteiger charge is 2.22.